The lowest BCUT2D eigenvalue weighted by atomic mass is 10.2. The van der Waals surface area contributed by atoms with E-state index in [2.05, 4.69) is 4.99 Å². The highest BCUT2D eigenvalue weighted by Gasteiger charge is 2.32. The third kappa shape index (κ3) is 6.11. The third-order valence-corrected chi connectivity index (χ3v) is 6.51. The second-order valence-electron chi connectivity index (χ2n) is 7.31. The number of thioether (sulfide) groups is 1. The van der Waals surface area contributed by atoms with Gasteiger partial charge in [0.05, 0.1) is 31.5 Å². The van der Waals surface area contributed by atoms with E-state index in [1.54, 1.807) is 48.4 Å². The van der Waals surface area contributed by atoms with E-state index in [1.807, 2.05) is 36.4 Å². The van der Waals surface area contributed by atoms with Crippen LogP contribution in [0.4, 0.5) is 5.69 Å². The fourth-order valence-electron chi connectivity index (χ4n) is 3.29. The summed E-state index contributed by atoms with van der Waals surface area (Å²) in [5, 5.41) is 1.65. The van der Waals surface area contributed by atoms with Gasteiger partial charge in [0.1, 0.15) is 22.9 Å². The van der Waals surface area contributed by atoms with Crippen LogP contribution >= 0.6 is 35.0 Å². The minimum absolute atomic E-state index is 0.244. The monoisotopic (exact) mass is 528 g/mol. The molecule has 0 aromatic heterocycles. The van der Waals surface area contributed by atoms with E-state index in [1.165, 1.54) is 18.9 Å². The maximum absolute atomic E-state index is 13.4. The Morgan fingerprint density at radius 1 is 0.943 bits per heavy atom. The first kappa shape index (κ1) is 25.0. The Morgan fingerprint density at radius 2 is 1.66 bits per heavy atom. The van der Waals surface area contributed by atoms with Crippen molar-refractivity contribution in [2.24, 2.45) is 4.99 Å². The summed E-state index contributed by atoms with van der Waals surface area (Å²) in [6.07, 6.45) is 1.75. The number of methoxy groups -OCH3 is 2. The molecule has 0 radical (unpaired) electrons. The van der Waals surface area contributed by atoms with Crippen molar-refractivity contribution in [2.75, 3.05) is 31.5 Å². The van der Waals surface area contributed by atoms with E-state index in [9.17, 15) is 4.79 Å². The number of halogens is 2. The number of benzene rings is 3. The first-order valence-corrected chi connectivity index (χ1v) is 12.4. The van der Waals surface area contributed by atoms with Gasteiger partial charge in [-0.1, -0.05) is 47.1 Å². The maximum atomic E-state index is 13.4. The standard InChI is InChI=1S/C26H22Cl2N2O4S/c1-32-20-8-3-17(4-9-20)15-23-25(31)30(19-7-12-22(28)24(16-19)33-2)26(29-23)35-14-13-34-21-10-5-18(27)6-11-21/h3-12,15-16H,13-14H2,1-2H3. The van der Waals surface area contributed by atoms with Crippen molar-refractivity contribution >= 4 is 57.8 Å². The van der Waals surface area contributed by atoms with Gasteiger partial charge in [-0.15, -0.1) is 0 Å². The van der Waals surface area contributed by atoms with Gasteiger partial charge in [-0.05, 0) is 60.2 Å². The lowest BCUT2D eigenvalue weighted by molar-refractivity contribution is -0.113. The summed E-state index contributed by atoms with van der Waals surface area (Å²) in [4.78, 5) is 19.6. The molecule has 1 heterocycles. The second kappa shape index (κ2) is 11.5. The molecule has 0 saturated carbocycles. The number of aliphatic imine (C=N–C) groups is 1. The summed E-state index contributed by atoms with van der Waals surface area (Å²) in [5.74, 6) is 2.26. The molecule has 0 unspecified atom stereocenters. The van der Waals surface area contributed by atoms with Gasteiger partial charge in [0.15, 0.2) is 5.17 Å². The molecular weight excluding hydrogens is 507 g/mol. The Labute approximate surface area is 218 Å². The van der Waals surface area contributed by atoms with E-state index in [0.29, 0.717) is 44.7 Å². The fraction of sp³-hybridized carbons (Fsp3) is 0.154. The topological polar surface area (TPSA) is 60.4 Å². The van der Waals surface area contributed by atoms with Gasteiger partial charge in [-0.3, -0.25) is 9.69 Å². The molecule has 1 aliphatic heterocycles. The molecule has 0 fully saturated rings. The Kier molecular flexibility index (Phi) is 8.23. The Hall–Kier alpha value is -3.13. The molecule has 3 aromatic rings. The van der Waals surface area contributed by atoms with Gasteiger partial charge in [-0.25, -0.2) is 4.99 Å². The molecule has 0 N–H and O–H groups in total. The largest absolute Gasteiger partial charge is 0.497 e. The number of anilines is 1. The molecule has 1 aliphatic rings. The highest BCUT2D eigenvalue weighted by atomic mass is 35.5. The van der Waals surface area contributed by atoms with Gasteiger partial charge < -0.3 is 14.2 Å². The zero-order valence-electron chi connectivity index (χ0n) is 19.0. The third-order valence-electron chi connectivity index (χ3n) is 5.04. The van der Waals surface area contributed by atoms with Crippen molar-refractivity contribution in [3.8, 4) is 17.2 Å². The van der Waals surface area contributed by atoms with Crippen molar-refractivity contribution in [1.29, 1.82) is 0 Å². The van der Waals surface area contributed by atoms with Crippen LogP contribution < -0.4 is 19.1 Å². The highest BCUT2D eigenvalue weighted by molar-refractivity contribution is 8.14. The lowest BCUT2D eigenvalue weighted by Gasteiger charge is -2.19. The average molecular weight is 529 g/mol. The summed E-state index contributed by atoms with van der Waals surface area (Å²) in [6.45, 7) is 0.425. The smallest absolute Gasteiger partial charge is 0.283 e. The lowest BCUT2D eigenvalue weighted by Crippen LogP contribution is -2.30. The summed E-state index contributed by atoms with van der Waals surface area (Å²) >= 11 is 13.5. The molecule has 0 aliphatic carbocycles. The van der Waals surface area contributed by atoms with Gasteiger partial charge >= 0.3 is 0 Å². The Morgan fingerprint density at radius 3 is 2.34 bits per heavy atom. The van der Waals surface area contributed by atoms with Gasteiger partial charge in [0.2, 0.25) is 0 Å². The summed E-state index contributed by atoms with van der Waals surface area (Å²) in [6, 6.07) is 19.8. The first-order valence-electron chi connectivity index (χ1n) is 10.6. The van der Waals surface area contributed by atoms with Crippen LogP contribution in [0.25, 0.3) is 6.08 Å². The van der Waals surface area contributed by atoms with E-state index in [-0.39, 0.29) is 5.91 Å². The fourth-order valence-corrected chi connectivity index (χ4v) is 4.44. The van der Waals surface area contributed by atoms with E-state index in [0.717, 1.165) is 17.1 Å². The number of nitrogens with zero attached hydrogens (tertiary/aromatic N) is 2. The molecule has 1 amide bonds. The molecule has 0 atom stereocenters. The minimum Gasteiger partial charge on any atom is -0.497 e. The Balaban J connectivity index is 1.56. The number of amides is 1. The molecule has 35 heavy (non-hydrogen) atoms. The van der Waals surface area contributed by atoms with Crippen LogP contribution in [-0.2, 0) is 4.79 Å². The van der Waals surface area contributed by atoms with Crippen molar-refractivity contribution in [1.82, 2.24) is 0 Å². The van der Waals surface area contributed by atoms with Crippen LogP contribution in [0.2, 0.25) is 10.0 Å². The van der Waals surface area contributed by atoms with Gasteiger partial charge in [0.25, 0.3) is 5.91 Å². The van der Waals surface area contributed by atoms with Crippen molar-refractivity contribution in [3.63, 3.8) is 0 Å². The van der Waals surface area contributed by atoms with Gasteiger partial charge in [0, 0.05) is 16.8 Å². The summed E-state index contributed by atoms with van der Waals surface area (Å²) in [7, 11) is 3.14. The SMILES string of the molecule is COc1ccc(C=C2N=C(SCCOc3ccc(Cl)cc3)N(c3ccc(Cl)c(OC)c3)C2=O)cc1. The van der Waals surface area contributed by atoms with Crippen LogP contribution in [0.5, 0.6) is 17.2 Å². The van der Waals surface area contributed by atoms with Crippen molar-refractivity contribution in [3.05, 3.63) is 88.0 Å². The van der Waals surface area contributed by atoms with E-state index < -0.39 is 0 Å². The second-order valence-corrected chi connectivity index (χ2v) is 9.21. The number of hydrogen-bond donors (Lipinski definition) is 0. The average Bonchev–Trinajstić information content (AvgIpc) is 3.18. The summed E-state index contributed by atoms with van der Waals surface area (Å²) < 4.78 is 16.3. The zero-order chi connectivity index (χ0) is 24.8. The predicted molar refractivity (Wildman–Crippen MR) is 143 cm³/mol. The molecule has 3 aromatic carbocycles. The van der Waals surface area contributed by atoms with Crippen LogP contribution in [0, 0.1) is 0 Å². The van der Waals surface area contributed by atoms with Crippen LogP contribution in [0.15, 0.2) is 77.4 Å². The number of rotatable bonds is 8. The number of amidine groups is 1. The van der Waals surface area contributed by atoms with E-state index >= 15 is 0 Å². The Bertz CT molecular complexity index is 1260. The van der Waals surface area contributed by atoms with Crippen molar-refractivity contribution < 1.29 is 19.0 Å². The number of ether oxygens (including phenoxy) is 3. The highest BCUT2D eigenvalue weighted by Crippen LogP contribution is 2.34. The zero-order valence-corrected chi connectivity index (χ0v) is 21.4. The normalized spacial score (nSPS) is 14.3. The van der Waals surface area contributed by atoms with Crippen LogP contribution in [-0.4, -0.2) is 37.7 Å². The summed E-state index contributed by atoms with van der Waals surface area (Å²) in [5.41, 5.74) is 1.77. The minimum atomic E-state index is -0.244. The molecule has 180 valence electrons. The maximum Gasteiger partial charge on any atom is 0.283 e. The number of carbonyl (C=O) groups excluding carboxylic acids is 1. The molecular formula is C26H22Cl2N2O4S. The molecule has 0 spiro atoms. The van der Waals surface area contributed by atoms with Gasteiger partial charge in [-0.2, -0.15) is 0 Å². The number of hydrogen-bond acceptors (Lipinski definition) is 6. The van der Waals surface area contributed by atoms with Crippen LogP contribution in [0.3, 0.4) is 0 Å². The molecule has 4 rings (SSSR count). The molecule has 6 nitrogen and oxygen atoms in total. The quantitative estimate of drug-likeness (QED) is 0.244. The molecule has 0 saturated heterocycles. The number of carbonyl (C=O) groups is 1. The van der Waals surface area contributed by atoms with Crippen molar-refractivity contribution in [2.45, 2.75) is 0 Å². The molecule has 0 bridgehead atoms. The first-order chi connectivity index (χ1) is 17.0. The predicted octanol–water partition coefficient (Wildman–Crippen LogP) is 6.57. The van der Waals surface area contributed by atoms with E-state index in [4.69, 9.17) is 37.4 Å². The molecule has 9 heteroatoms. The van der Waals surface area contributed by atoms with Crippen LogP contribution in [0.1, 0.15) is 5.56 Å².